The van der Waals surface area contributed by atoms with Crippen molar-refractivity contribution in [3.8, 4) is 9.88 Å². The number of thiophene rings is 2. The third-order valence-corrected chi connectivity index (χ3v) is 6.75. The van der Waals surface area contributed by atoms with Gasteiger partial charge in [-0.1, -0.05) is 12.1 Å². The van der Waals surface area contributed by atoms with E-state index in [1.807, 2.05) is 22.7 Å². The van der Waals surface area contributed by atoms with Crippen molar-refractivity contribution in [2.75, 3.05) is 0 Å². The Morgan fingerprint density at radius 2 is 1.79 bits per heavy atom. The normalized spacial score (nSPS) is 11.7. The van der Waals surface area contributed by atoms with Gasteiger partial charge in [-0.2, -0.15) is 0 Å². The van der Waals surface area contributed by atoms with Gasteiger partial charge in [-0.3, -0.25) is 0 Å². The Kier molecular flexibility index (Phi) is 2.52. The van der Waals surface area contributed by atoms with Crippen molar-refractivity contribution < 1.29 is 0 Å². The largest absolute Gasteiger partial charge is 0.235 e. The van der Waals surface area contributed by atoms with Crippen LogP contribution in [0.3, 0.4) is 0 Å². The zero-order valence-corrected chi connectivity index (χ0v) is 13.0. The molecule has 0 aliphatic rings. The van der Waals surface area contributed by atoms with Crippen molar-refractivity contribution in [2.45, 2.75) is 13.8 Å². The first-order valence-electron chi connectivity index (χ1n) is 6.06. The molecule has 1 nitrogen and oxygen atoms in total. The summed E-state index contributed by atoms with van der Waals surface area (Å²) in [6.45, 7) is 4.30. The molecular weight excluding hydrogens is 290 g/mol. The van der Waals surface area contributed by atoms with Crippen molar-refractivity contribution in [3.05, 3.63) is 40.8 Å². The average molecular weight is 301 g/mol. The van der Waals surface area contributed by atoms with E-state index in [1.54, 1.807) is 11.3 Å². The van der Waals surface area contributed by atoms with Crippen molar-refractivity contribution in [1.82, 2.24) is 4.98 Å². The second-order valence-corrected chi connectivity index (χ2v) is 7.69. The Morgan fingerprint density at radius 3 is 2.58 bits per heavy atom. The van der Waals surface area contributed by atoms with Crippen LogP contribution in [-0.2, 0) is 0 Å². The number of aromatic nitrogens is 1. The quantitative estimate of drug-likeness (QED) is 0.429. The first-order chi connectivity index (χ1) is 9.22. The van der Waals surface area contributed by atoms with E-state index >= 15 is 0 Å². The van der Waals surface area contributed by atoms with E-state index < -0.39 is 0 Å². The minimum Gasteiger partial charge on any atom is -0.235 e. The number of aryl methyl sites for hydroxylation is 2. The number of thiazole rings is 1. The highest BCUT2D eigenvalue weighted by molar-refractivity contribution is 7.31. The van der Waals surface area contributed by atoms with Gasteiger partial charge in [0.1, 0.15) is 5.01 Å². The number of rotatable bonds is 1. The molecule has 4 heteroatoms. The molecule has 0 amide bonds. The minimum absolute atomic E-state index is 1.15. The zero-order valence-electron chi connectivity index (χ0n) is 10.6. The molecule has 0 aliphatic heterocycles. The van der Waals surface area contributed by atoms with E-state index in [0.717, 1.165) is 10.5 Å². The number of benzene rings is 1. The van der Waals surface area contributed by atoms with Crippen molar-refractivity contribution in [3.63, 3.8) is 0 Å². The summed E-state index contributed by atoms with van der Waals surface area (Å²) in [7, 11) is 0. The van der Waals surface area contributed by atoms with Gasteiger partial charge in [-0.05, 0) is 42.5 Å². The van der Waals surface area contributed by atoms with Gasteiger partial charge in [-0.25, -0.2) is 4.98 Å². The van der Waals surface area contributed by atoms with Crippen molar-refractivity contribution in [1.29, 1.82) is 0 Å². The lowest BCUT2D eigenvalue weighted by Gasteiger charge is -1.96. The molecule has 0 bridgehead atoms. The molecule has 0 spiro atoms. The summed E-state index contributed by atoms with van der Waals surface area (Å²) < 4.78 is 4.06. The minimum atomic E-state index is 1.15. The van der Waals surface area contributed by atoms with Crippen LogP contribution in [0, 0.1) is 13.8 Å². The van der Waals surface area contributed by atoms with Crippen molar-refractivity contribution >= 4 is 53.6 Å². The summed E-state index contributed by atoms with van der Waals surface area (Å²) in [5.41, 5.74) is 3.75. The monoisotopic (exact) mass is 301 g/mol. The summed E-state index contributed by atoms with van der Waals surface area (Å²) in [4.78, 5) is 6.15. The van der Waals surface area contributed by atoms with Gasteiger partial charge >= 0.3 is 0 Å². The molecule has 3 heterocycles. The third-order valence-electron chi connectivity index (χ3n) is 3.29. The van der Waals surface area contributed by atoms with Gasteiger partial charge in [0.15, 0.2) is 0 Å². The predicted octanol–water partition coefficient (Wildman–Crippen LogP) is 5.86. The molecule has 19 heavy (non-hydrogen) atoms. The zero-order chi connectivity index (χ0) is 13.0. The number of fused-ring (bicyclic) bond motifs is 2. The molecule has 94 valence electrons. The lowest BCUT2D eigenvalue weighted by molar-refractivity contribution is 1.41. The fraction of sp³-hybridized carbons (Fsp3) is 0.133. The first-order valence-corrected chi connectivity index (χ1v) is 8.58. The average Bonchev–Trinajstić information content (AvgIpc) is 3.05. The summed E-state index contributed by atoms with van der Waals surface area (Å²) in [6, 6.07) is 8.81. The lowest BCUT2D eigenvalue weighted by Crippen LogP contribution is -1.78. The standard InChI is InChI=1S/C15H11NS3/c1-8-3-4-9(2)14-13(8)16-15(19-14)12-7-11-10(18-12)5-6-17-11/h3-7H,1-2H3. The van der Waals surface area contributed by atoms with Crippen LogP contribution in [0.4, 0.5) is 0 Å². The summed E-state index contributed by atoms with van der Waals surface area (Å²) in [5, 5.41) is 3.30. The van der Waals surface area contributed by atoms with Gasteiger partial charge in [0.2, 0.25) is 0 Å². The highest BCUT2D eigenvalue weighted by Gasteiger charge is 2.12. The van der Waals surface area contributed by atoms with E-state index in [4.69, 9.17) is 4.98 Å². The van der Waals surface area contributed by atoms with Crippen molar-refractivity contribution in [2.24, 2.45) is 0 Å². The van der Waals surface area contributed by atoms with Crippen LogP contribution >= 0.6 is 34.0 Å². The molecule has 0 atom stereocenters. The van der Waals surface area contributed by atoms with Gasteiger partial charge in [-0.15, -0.1) is 34.0 Å². The van der Waals surface area contributed by atoms with Crippen LogP contribution in [0.1, 0.15) is 11.1 Å². The topological polar surface area (TPSA) is 12.9 Å². The fourth-order valence-electron chi connectivity index (χ4n) is 2.24. The van der Waals surface area contributed by atoms with Crippen LogP contribution in [-0.4, -0.2) is 4.98 Å². The van der Waals surface area contributed by atoms with Gasteiger partial charge < -0.3 is 0 Å². The second-order valence-electron chi connectivity index (χ2n) is 4.66. The van der Waals surface area contributed by atoms with Crippen LogP contribution in [0.25, 0.3) is 29.5 Å². The van der Waals surface area contributed by atoms with E-state index in [2.05, 4.69) is 43.5 Å². The van der Waals surface area contributed by atoms with Crippen LogP contribution in [0.2, 0.25) is 0 Å². The predicted molar refractivity (Wildman–Crippen MR) is 87.8 cm³/mol. The summed E-state index contributed by atoms with van der Waals surface area (Å²) in [6.07, 6.45) is 0. The Morgan fingerprint density at radius 1 is 0.947 bits per heavy atom. The molecule has 0 radical (unpaired) electrons. The third kappa shape index (κ3) is 1.75. The molecule has 4 rings (SSSR count). The molecule has 0 saturated heterocycles. The maximum Gasteiger partial charge on any atom is 0.134 e. The van der Waals surface area contributed by atoms with Gasteiger partial charge in [0.25, 0.3) is 0 Å². The van der Waals surface area contributed by atoms with Gasteiger partial charge in [0.05, 0.1) is 15.1 Å². The Labute approximate surface area is 123 Å². The van der Waals surface area contributed by atoms with E-state index in [1.165, 1.54) is 30.1 Å². The Balaban J connectivity index is 1.98. The highest BCUT2D eigenvalue weighted by atomic mass is 32.1. The molecule has 0 unspecified atom stereocenters. The molecule has 3 aromatic heterocycles. The lowest BCUT2D eigenvalue weighted by atomic mass is 10.1. The highest BCUT2D eigenvalue weighted by Crippen LogP contribution is 2.40. The second kappa shape index (κ2) is 4.13. The Bertz CT molecular complexity index is 827. The molecule has 4 aromatic rings. The number of hydrogen-bond donors (Lipinski definition) is 0. The van der Waals surface area contributed by atoms with E-state index in [-0.39, 0.29) is 0 Å². The smallest absolute Gasteiger partial charge is 0.134 e. The molecule has 0 aliphatic carbocycles. The molecule has 0 saturated carbocycles. The maximum atomic E-state index is 4.85. The molecule has 0 N–H and O–H groups in total. The molecular formula is C15H11NS3. The first kappa shape index (κ1) is 11.6. The summed E-state index contributed by atoms with van der Waals surface area (Å²) >= 11 is 5.46. The van der Waals surface area contributed by atoms with E-state index in [0.29, 0.717) is 0 Å². The van der Waals surface area contributed by atoms with E-state index in [9.17, 15) is 0 Å². The summed E-state index contributed by atoms with van der Waals surface area (Å²) in [5.74, 6) is 0. The SMILES string of the molecule is Cc1ccc(C)c2sc(-c3cc4sccc4s3)nc12. The molecule has 0 fully saturated rings. The number of nitrogens with zero attached hydrogens (tertiary/aromatic N) is 1. The van der Waals surface area contributed by atoms with Crippen LogP contribution in [0.15, 0.2) is 29.6 Å². The number of hydrogen-bond acceptors (Lipinski definition) is 4. The maximum absolute atomic E-state index is 4.85. The molecule has 1 aromatic carbocycles. The van der Waals surface area contributed by atoms with Crippen LogP contribution < -0.4 is 0 Å². The van der Waals surface area contributed by atoms with Crippen LogP contribution in [0.5, 0.6) is 0 Å². The fourth-order valence-corrected chi connectivity index (χ4v) is 5.50. The Hall–Kier alpha value is -1.23. The van der Waals surface area contributed by atoms with Gasteiger partial charge in [0, 0.05) is 9.40 Å².